The van der Waals surface area contributed by atoms with Crippen molar-refractivity contribution in [3.8, 4) is 22.3 Å². The van der Waals surface area contributed by atoms with E-state index in [1.165, 1.54) is 44.5 Å². The van der Waals surface area contributed by atoms with Crippen molar-refractivity contribution in [2.24, 2.45) is 0 Å². The zero-order valence-corrected chi connectivity index (χ0v) is 18.4. The molecule has 31 heavy (non-hydrogen) atoms. The SMILES string of the molecule is O=Cc1ccc2c(c1)Cc1cc(Br)ccc1-2.O=Cc1ccc2c(c1)Cc1ccccc1-2. The zero-order chi connectivity index (χ0) is 21.4. The second-order valence-corrected chi connectivity index (χ2v) is 8.80. The molecule has 4 aromatic rings. The molecule has 0 fully saturated rings. The molecule has 0 amide bonds. The van der Waals surface area contributed by atoms with E-state index < -0.39 is 0 Å². The number of hydrogen-bond acceptors (Lipinski definition) is 2. The maximum absolute atomic E-state index is 10.7. The molecule has 150 valence electrons. The van der Waals surface area contributed by atoms with Crippen molar-refractivity contribution >= 4 is 28.5 Å². The highest BCUT2D eigenvalue weighted by atomic mass is 79.9. The van der Waals surface area contributed by atoms with E-state index in [4.69, 9.17) is 0 Å². The highest BCUT2D eigenvalue weighted by molar-refractivity contribution is 9.10. The van der Waals surface area contributed by atoms with Gasteiger partial charge in [-0.15, -0.1) is 0 Å². The summed E-state index contributed by atoms with van der Waals surface area (Å²) in [5.74, 6) is 0. The lowest BCUT2D eigenvalue weighted by Gasteiger charge is -2.01. The topological polar surface area (TPSA) is 34.1 Å². The van der Waals surface area contributed by atoms with Crippen LogP contribution in [0.1, 0.15) is 43.0 Å². The van der Waals surface area contributed by atoms with Gasteiger partial charge in [0.15, 0.2) is 0 Å². The molecule has 6 rings (SSSR count). The third kappa shape index (κ3) is 3.66. The molecule has 0 heterocycles. The predicted octanol–water partition coefficient (Wildman–Crippen LogP) is 6.90. The van der Waals surface area contributed by atoms with Gasteiger partial charge in [0.05, 0.1) is 0 Å². The summed E-state index contributed by atoms with van der Waals surface area (Å²) >= 11 is 3.48. The monoisotopic (exact) mass is 466 g/mol. The standard InChI is InChI=1S/C14H9BrO.C14H10O/c15-12-2-4-14-11(7-12)6-10-5-9(8-16)1-3-13(10)14;15-9-10-5-6-14-12(7-10)8-11-3-1-2-4-13(11)14/h1-5,7-8H,6H2;1-7,9H,8H2. The molecule has 0 unspecified atom stereocenters. The van der Waals surface area contributed by atoms with Crippen LogP contribution in [0.15, 0.2) is 83.3 Å². The van der Waals surface area contributed by atoms with E-state index in [2.05, 4.69) is 58.4 Å². The van der Waals surface area contributed by atoms with Gasteiger partial charge in [0.25, 0.3) is 0 Å². The number of benzene rings is 4. The van der Waals surface area contributed by atoms with Gasteiger partial charge in [0.2, 0.25) is 0 Å². The number of carbonyl (C=O) groups excluding carboxylic acids is 2. The molecule has 0 bridgehead atoms. The van der Waals surface area contributed by atoms with E-state index >= 15 is 0 Å². The number of hydrogen-bond donors (Lipinski definition) is 0. The molecular formula is C28H19BrO2. The van der Waals surface area contributed by atoms with Crippen molar-refractivity contribution in [3.63, 3.8) is 0 Å². The molecule has 2 aliphatic carbocycles. The van der Waals surface area contributed by atoms with Crippen LogP contribution in [0.25, 0.3) is 22.3 Å². The Balaban J connectivity index is 0.000000132. The van der Waals surface area contributed by atoms with Crippen LogP contribution in [0.3, 0.4) is 0 Å². The van der Waals surface area contributed by atoms with Crippen LogP contribution < -0.4 is 0 Å². The maximum Gasteiger partial charge on any atom is 0.150 e. The molecule has 0 radical (unpaired) electrons. The number of aldehydes is 2. The largest absolute Gasteiger partial charge is 0.298 e. The van der Waals surface area contributed by atoms with Gasteiger partial charge < -0.3 is 0 Å². The summed E-state index contributed by atoms with van der Waals surface area (Å²) in [4.78, 5) is 21.4. The van der Waals surface area contributed by atoms with E-state index in [1.807, 2.05) is 36.4 Å². The highest BCUT2D eigenvalue weighted by Crippen LogP contribution is 2.38. The Kier molecular flexibility index (Phi) is 5.13. The van der Waals surface area contributed by atoms with E-state index in [0.29, 0.717) is 0 Å². The molecule has 0 saturated heterocycles. The first kappa shape index (κ1) is 19.7. The Hall–Kier alpha value is -3.30. The number of rotatable bonds is 2. The van der Waals surface area contributed by atoms with Gasteiger partial charge in [0.1, 0.15) is 12.6 Å². The van der Waals surface area contributed by atoms with Gasteiger partial charge in [-0.05, 0) is 81.6 Å². The Morgan fingerprint density at radius 3 is 1.65 bits per heavy atom. The Bertz CT molecular complexity index is 1340. The fraction of sp³-hybridized carbons (Fsp3) is 0.0714. The fourth-order valence-electron chi connectivity index (χ4n) is 4.51. The summed E-state index contributed by atoms with van der Waals surface area (Å²) < 4.78 is 1.11. The van der Waals surface area contributed by atoms with E-state index in [0.717, 1.165) is 41.0 Å². The van der Waals surface area contributed by atoms with Crippen molar-refractivity contribution in [3.05, 3.63) is 117 Å². The van der Waals surface area contributed by atoms with Crippen LogP contribution in [-0.4, -0.2) is 12.6 Å². The minimum Gasteiger partial charge on any atom is -0.298 e. The van der Waals surface area contributed by atoms with Crippen LogP contribution in [0.5, 0.6) is 0 Å². The number of fused-ring (bicyclic) bond motifs is 6. The summed E-state index contributed by atoms with van der Waals surface area (Å²) in [5.41, 5.74) is 11.8. The van der Waals surface area contributed by atoms with E-state index in [1.54, 1.807) is 0 Å². The quantitative estimate of drug-likeness (QED) is 0.260. The average Bonchev–Trinajstić information content (AvgIpc) is 3.35. The fourth-order valence-corrected chi connectivity index (χ4v) is 4.92. The Morgan fingerprint density at radius 1 is 0.548 bits per heavy atom. The second kappa shape index (κ2) is 8.09. The molecule has 0 aromatic heterocycles. The summed E-state index contributed by atoms with van der Waals surface area (Å²) in [5, 5.41) is 0. The summed E-state index contributed by atoms with van der Waals surface area (Å²) in [6.45, 7) is 0. The van der Waals surface area contributed by atoms with Gasteiger partial charge in [-0.1, -0.05) is 70.5 Å². The van der Waals surface area contributed by atoms with Crippen LogP contribution in [-0.2, 0) is 12.8 Å². The molecule has 0 spiro atoms. The van der Waals surface area contributed by atoms with E-state index in [9.17, 15) is 9.59 Å². The minimum absolute atomic E-state index is 0.755. The summed E-state index contributed by atoms with van der Waals surface area (Å²) in [7, 11) is 0. The lowest BCUT2D eigenvalue weighted by Crippen LogP contribution is -1.84. The number of carbonyl (C=O) groups is 2. The molecule has 2 aliphatic rings. The van der Waals surface area contributed by atoms with Crippen molar-refractivity contribution in [1.29, 1.82) is 0 Å². The van der Waals surface area contributed by atoms with Crippen molar-refractivity contribution < 1.29 is 9.59 Å². The lowest BCUT2D eigenvalue weighted by molar-refractivity contribution is 0.111. The average molecular weight is 467 g/mol. The second-order valence-electron chi connectivity index (χ2n) is 7.88. The van der Waals surface area contributed by atoms with Gasteiger partial charge in [-0.3, -0.25) is 9.59 Å². The molecule has 0 aliphatic heterocycles. The summed E-state index contributed by atoms with van der Waals surface area (Å²) in [6, 6.07) is 26.6. The van der Waals surface area contributed by atoms with Gasteiger partial charge in [-0.25, -0.2) is 0 Å². The first-order valence-electron chi connectivity index (χ1n) is 10.2. The van der Waals surface area contributed by atoms with Crippen molar-refractivity contribution in [2.75, 3.05) is 0 Å². The smallest absolute Gasteiger partial charge is 0.150 e. The number of halogens is 1. The third-order valence-electron chi connectivity index (χ3n) is 5.96. The third-order valence-corrected chi connectivity index (χ3v) is 6.45. The Morgan fingerprint density at radius 2 is 1.03 bits per heavy atom. The van der Waals surface area contributed by atoms with Gasteiger partial charge in [0, 0.05) is 15.6 Å². The van der Waals surface area contributed by atoms with E-state index in [-0.39, 0.29) is 0 Å². The molecular weight excluding hydrogens is 448 g/mol. The van der Waals surface area contributed by atoms with Crippen LogP contribution in [0.4, 0.5) is 0 Å². The van der Waals surface area contributed by atoms with Gasteiger partial charge in [-0.2, -0.15) is 0 Å². The first-order valence-corrected chi connectivity index (χ1v) is 11.0. The van der Waals surface area contributed by atoms with Crippen molar-refractivity contribution in [2.45, 2.75) is 12.8 Å². The van der Waals surface area contributed by atoms with Gasteiger partial charge >= 0.3 is 0 Å². The molecule has 0 atom stereocenters. The zero-order valence-electron chi connectivity index (χ0n) is 16.8. The van der Waals surface area contributed by atoms with Crippen LogP contribution in [0.2, 0.25) is 0 Å². The lowest BCUT2D eigenvalue weighted by atomic mass is 10.0. The van der Waals surface area contributed by atoms with Crippen LogP contribution >= 0.6 is 15.9 Å². The predicted molar refractivity (Wildman–Crippen MR) is 128 cm³/mol. The van der Waals surface area contributed by atoms with Crippen molar-refractivity contribution in [1.82, 2.24) is 0 Å². The molecule has 4 aromatic carbocycles. The molecule has 0 N–H and O–H groups in total. The van der Waals surface area contributed by atoms with Crippen LogP contribution in [0, 0.1) is 0 Å². The Labute approximate surface area is 189 Å². The molecule has 2 nitrogen and oxygen atoms in total. The molecule has 0 saturated carbocycles. The maximum atomic E-state index is 10.7. The highest BCUT2D eigenvalue weighted by Gasteiger charge is 2.19. The minimum atomic E-state index is 0.755. The first-order chi connectivity index (χ1) is 15.2. The summed E-state index contributed by atoms with van der Waals surface area (Å²) in [6.07, 6.45) is 3.68. The molecule has 3 heteroatoms. The normalized spacial score (nSPS) is 12.0.